The summed E-state index contributed by atoms with van der Waals surface area (Å²) in [6.07, 6.45) is 9.09. The fourth-order valence-corrected chi connectivity index (χ4v) is 3.30. The van der Waals surface area contributed by atoms with Crippen molar-refractivity contribution in [1.29, 1.82) is 0 Å². The minimum Gasteiger partial charge on any atom is -0.344 e. The molecule has 0 radical (unpaired) electrons. The lowest BCUT2D eigenvalue weighted by molar-refractivity contribution is 0.986. The molecule has 0 saturated carbocycles. The average molecular weight is 285 g/mol. The van der Waals surface area contributed by atoms with E-state index in [4.69, 9.17) is 0 Å². The van der Waals surface area contributed by atoms with E-state index >= 15 is 0 Å². The molecule has 0 unspecified atom stereocenters. The van der Waals surface area contributed by atoms with Crippen molar-refractivity contribution < 1.29 is 0 Å². The third kappa shape index (κ3) is 2.10. The third-order valence-electron chi connectivity index (χ3n) is 4.47. The van der Waals surface area contributed by atoms with E-state index in [2.05, 4.69) is 84.8 Å². The number of anilines is 1. The SMILES string of the molecule is CN(C1=CCCC=C1)c1cc2ccccc2c2ccccc12. The van der Waals surface area contributed by atoms with Crippen LogP contribution >= 0.6 is 0 Å². The standard InChI is InChI=1S/C21H19N/c1-22(17-10-3-2-4-11-17)21-15-16-9-5-6-12-18(16)19-13-7-8-14-20(19)21/h3,5-15H,2,4H2,1H3. The molecule has 108 valence electrons. The van der Waals surface area contributed by atoms with Gasteiger partial charge in [0.05, 0.1) is 0 Å². The summed E-state index contributed by atoms with van der Waals surface area (Å²) in [5.74, 6) is 0. The van der Waals surface area contributed by atoms with Crippen molar-refractivity contribution in [3.63, 3.8) is 0 Å². The van der Waals surface area contributed by atoms with Crippen molar-refractivity contribution in [2.24, 2.45) is 0 Å². The second kappa shape index (κ2) is 5.34. The van der Waals surface area contributed by atoms with Crippen molar-refractivity contribution in [3.8, 4) is 0 Å². The summed E-state index contributed by atoms with van der Waals surface area (Å²) in [4.78, 5) is 2.31. The van der Waals surface area contributed by atoms with Gasteiger partial charge < -0.3 is 4.90 Å². The molecular weight excluding hydrogens is 266 g/mol. The van der Waals surface area contributed by atoms with E-state index in [1.54, 1.807) is 0 Å². The number of benzene rings is 3. The summed E-state index contributed by atoms with van der Waals surface area (Å²) in [6, 6.07) is 19.6. The summed E-state index contributed by atoms with van der Waals surface area (Å²) in [6.45, 7) is 0. The first kappa shape index (κ1) is 13.1. The smallest absolute Gasteiger partial charge is 0.0494 e. The molecule has 0 aliphatic heterocycles. The van der Waals surface area contributed by atoms with E-state index in [0.29, 0.717) is 0 Å². The van der Waals surface area contributed by atoms with Crippen LogP contribution in [0, 0.1) is 0 Å². The Kier molecular flexibility index (Phi) is 3.19. The molecule has 1 aliphatic carbocycles. The van der Waals surface area contributed by atoms with E-state index in [1.807, 2.05) is 0 Å². The van der Waals surface area contributed by atoms with Crippen molar-refractivity contribution in [3.05, 3.63) is 78.5 Å². The first-order valence-corrected chi connectivity index (χ1v) is 7.85. The Balaban J connectivity index is 1.99. The van der Waals surface area contributed by atoms with Gasteiger partial charge in [-0.2, -0.15) is 0 Å². The minimum absolute atomic E-state index is 1.13. The molecule has 0 aromatic heterocycles. The lowest BCUT2D eigenvalue weighted by Gasteiger charge is -2.25. The fraction of sp³-hybridized carbons (Fsp3) is 0.143. The Bertz CT molecular complexity index is 902. The largest absolute Gasteiger partial charge is 0.344 e. The molecule has 0 fully saturated rings. The maximum Gasteiger partial charge on any atom is 0.0494 e. The highest BCUT2D eigenvalue weighted by Crippen LogP contribution is 2.35. The van der Waals surface area contributed by atoms with Gasteiger partial charge in [0, 0.05) is 23.8 Å². The van der Waals surface area contributed by atoms with Gasteiger partial charge in [-0.1, -0.05) is 60.7 Å². The molecule has 0 N–H and O–H groups in total. The lowest BCUT2D eigenvalue weighted by atomic mass is 9.99. The topological polar surface area (TPSA) is 3.24 Å². The Labute approximate surface area is 131 Å². The second-order valence-electron chi connectivity index (χ2n) is 5.83. The molecule has 4 rings (SSSR count). The molecule has 0 amide bonds. The summed E-state index contributed by atoms with van der Waals surface area (Å²) in [5, 5.41) is 5.25. The van der Waals surface area contributed by atoms with Crippen LogP contribution in [0.4, 0.5) is 5.69 Å². The summed E-state index contributed by atoms with van der Waals surface area (Å²) in [7, 11) is 2.16. The van der Waals surface area contributed by atoms with Gasteiger partial charge in [-0.3, -0.25) is 0 Å². The molecule has 22 heavy (non-hydrogen) atoms. The summed E-state index contributed by atoms with van der Waals surface area (Å²) < 4.78 is 0. The van der Waals surface area contributed by atoms with Crippen LogP contribution < -0.4 is 4.90 Å². The molecule has 0 spiro atoms. The number of rotatable bonds is 2. The maximum atomic E-state index is 2.32. The molecule has 0 saturated heterocycles. The third-order valence-corrected chi connectivity index (χ3v) is 4.47. The molecular formula is C21H19N. The van der Waals surface area contributed by atoms with Crippen LogP contribution in [-0.2, 0) is 0 Å². The molecule has 1 heteroatoms. The zero-order valence-electron chi connectivity index (χ0n) is 12.8. The Morgan fingerprint density at radius 1 is 0.818 bits per heavy atom. The van der Waals surface area contributed by atoms with Crippen molar-refractivity contribution in [2.75, 3.05) is 11.9 Å². The number of likely N-dealkylation sites (N-methyl/N-ethyl adjacent to an activating group) is 1. The highest BCUT2D eigenvalue weighted by Gasteiger charge is 2.12. The van der Waals surface area contributed by atoms with Gasteiger partial charge in [-0.05, 0) is 41.1 Å². The molecule has 3 aromatic carbocycles. The second-order valence-corrected chi connectivity index (χ2v) is 5.83. The molecule has 3 aromatic rings. The molecule has 1 nitrogen and oxygen atoms in total. The van der Waals surface area contributed by atoms with Crippen LogP contribution in [0.25, 0.3) is 21.5 Å². The van der Waals surface area contributed by atoms with Crippen LogP contribution in [0.5, 0.6) is 0 Å². The van der Waals surface area contributed by atoms with E-state index in [1.165, 1.54) is 32.9 Å². The fourth-order valence-electron chi connectivity index (χ4n) is 3.30. The zero-order chi connectivity index (χ0) is 14.9. The quantitative estimate of drug-likeness (QED) is 0.549. The lowest BCUT2D eigenvalue weighted by Crippen LogP contribution is -2.16. The van der Waals surface area contributed by atoms with Gasteiger partial charge >= 0.3 is 0 Å². The van der Waals surface area contributed by atoms with Crippen molar-refractivity contribution >= 4 is 27.2 Å². The Hall–Kier alpha value is -2.54. The summed E-state index contributed by atoms with van der Waals surface area (Å²) in [5.41, 5.74) is 2.55. The van der Waals surface area contributed by atoms with Crippen molar-refractivity contribution in [1.82, 2.24) is 0 Å². The first-order chi connectivity index (χ1) is 10.8. The van der Waals surface area contributed by atoms with Gasteiger partial charge in [-0.15, -0.1) is 0 Å². The van der Waals surface area contributed by atoms with Crippen LogP contribution in [0.15, 0.2) is 78.5 Å². The predicted octanol–water partition coefficient (Wildman–Crippen LogP) is 5.66. The van der Waals surface area contributed by atoms with E-state index < -0.39 is 0 Å². The predicted molar refractivity (Wildman–Crippen MR) is 96.3 cm³/mol. The van der Waals surface area contributed by atoms with Crippen LogP contribution in [0.2, 0.25) is 0 Å². The van der Waals surface area contributed by atoms with Gasteiger partial charge in [0.1, 0.15) is 0 Å². The molecule has 1 aliphatic rings. The monoisotopic (exact) mass is 285 g/mol. The van der Waals surface area contributed by atoms with Gasteiger partial charge in [0.2, 0.25) is 0 Å². The van der Waals surface area contributed by atoms with E-state index in [-0.39, 0.29) is 0 Å². The van der Waals surface area contributed by atoms with Gasteiger partial charge in [-0.25, -0.2) is 0 Å². The highest BCUT2D eigenvalue weighted by atomic mass is 15.1. The summed E-state index contributed by atoms with van der Waals surface area (Å²) >= 11 is 0. The molecule has 0 heterocycles. The number of hydrogen-bond donors (Lipinski definition) is 0. The van der Waals surface area contributed by atoms with Crippen LogP contribution in [-0.4, -0.2) is 7.05 Å². The average Bonchev–Trinajstić information content (AvgIpc) is 2.61. The van der Waals surface area contributed by atoms with Crippen LogP contribution in [0.3, 0.4) is 0 Å². The van der Waals surface area contributed by atoms with Crippen LogP contribution in [0.1, 0.15) is 12.8 Å². The molecule has 0 atom stereocenters. The minimum atomic E-state index is 1.13. The molecule has 0 bridgehead atoms. The first-order valence-electron chi connectivity index (χ1n) is 7.85. The Morgan fingerprint density at radius 2 is 1.55 bits per heavy atom. The van der Waals surface area contributed by atoms with Gasteiger partial charge in [0.25, 0.3) is 0 Å². The number of nitrogens with zero attached hydrogens (tertiary/aromatic N) is 1. The Morgan fingerprint density at radius 3 is 2.32 bits per heavy atom. The maximum absolute atomic E-state index is 2.32. The normalized spacial score (nSPS) is 14.3. The zero-order valence-corrected chi connectivity index (χ0v) is 12.8. The number of hydrogen-bond acceptors (Lipinski definition) is 1. The number of allylic oxidation sites excluding steroid dienone is 3. The highest BCUT2D eigenvalue weighted by molar-refractivity contribution is 6.13. The van der Waals surface area contributed by atoms with E-state index in [0.717, 1.165) is 12.8 Å². The number of fused-ring (bicyclic) bond motifs is 3. The van der Waals surface area contributed by atoms with E-state index in [9.17, 15) is 0 Å². The van der Waals surface area contributed by atoms with Crippen molar-refractivity contribution in [2.45, 2.75) is 12.8 Å². The van der Waals surface area contributed by atoms with Gasteiger partial charge in [0.15, 0.2) is 0 Å².